The van der Waals surface area contributed by atoms with Crippen LogP contribution in [-0.4, -0.2) is 38.3 Å². The van der Waals surface area contributed by atoms with Crippen molar-refractivity contribution < 1.29 is 9.53 Å². The number of ether oxygens (including phenoxy) is 1. The van der Waals surface area contributed by atoms with E-state index in [4.69, 9.17) is 4.74 Å². The van der Waals surface area contributed by atoms with Crippen LogP contribution in [0.25, 0.3) is 0 Å². The van der Waals surface area contributed by atoms with Crippen LogP contribution < -0.4 is 10.6 Å². The molecule has 1 amide bonds. The quantitative estimate of drug-likeness (QED) is 0.634. The van der Waals surface area contributed by atoms with Crippen molar-refractivity contribution in [3.63, 3.8) is 0 Å². The van der Waals surface area contributed by atoms with Crippen LogP contribution in [0.3, 0.4) is 0 Å². The molecule has 0 bridgehead atoms. The lowest BCUT2D eigenvalue weighted by atomic mass is 10.1. The zero-order chi connectivity index (χ0) is 11.1. The third kappa shape index (κ3) is 5.14. The summed E-state index contributed by atoms with van der Waals surface area (Å²) in [7, 11) is 0. The molecule has 1 atom stereocenters. The van der Waals surface area contributed by atoms with Gasteiger partial charge < -0.3 is 15.4 Å². The summed E-state index contributed by atoms with van der Waals surface area (Å²) in [5, 5.41) is 6.12. The van der Waals surface area contributed by atoms with Crippen LogP contribution in [0.1, 0.15) is 26.7 Å². The summed E-state index contributed by atoms with van der Waals surface area (Å²) in [6.45, 7) is 7.28. The Morgan fingerprint density at radius 2 is 2.40 bits per heavy atom. The lowest BCUT2D eigenvalue weighted by molar-refractivity contribution is -0.124. The van der Waals surface area contributed by atoms with E-state index in [0.717, 1.165) is 39.1 Å². The maximum atomic E-state index is 11.6. The Kier molecular flexibility index (Phi) is 5.65. The van der Waals surface area contributed by atoms with Gasteiger partial charge >= 0.3 is 0 Å². The lowest BCUT2D eigenvalue weighted by Crippen LogP contribution is -2.33. The van der Waals surface area contributed by atoms with Gasteiger partial charge in [0.1, 0.15) is 0 Å². The van der Waals surface area contributed by atoms with Gasteiger partial charge in [-0.3, -0.25) is 4.79 Å². The standard InChI is InChI=1S/C11H22N2O2/c1-9(2)15-7-3-5-13-11(14)10-4-6-12-8-10/h9-10,12H,3-8H2,1-2H3,(H,13,14). The number of hydrogen-bond acceptors (Lipinski definition) is 3. The predicted octanol–water partition coefficient (Wildman–Crippen LogP) is 0.527. The average Bonchev–Trinajstić information content (AvgIpc) is 2.69. The zero-order valence-corrected chi connectivity index (χ0v) is 9.71. The highest BCUT2D eigenvalue weighted by molar-refractivity contribution is 5.79. The minimum atomic E-state index is 0.177. The molecule has 1 saturated heterocycles. The molecule has 4 nitrogen and oxygen atoms in total. The molecule has 1 heterocycles. The fraction of sp³-hybridized carbons (Fsp3) is 0.909. The molecule has 88 valence electrons. The Hall–Kier alpha value is -0.610. The van der Waals surface area contributed by atoms with Gasteiger partial charge in [0, 0.05) is 19.7 Å². The van der Waals surface area contributed by atoms with Crippen LogP contribution >= 0.6 is 0 Å². The minimum absolute atomic E-state index is 0.177. The number of hydrogen-bond donors (Lipinski definition) is 2. The number of carbonyl (C=O) groups is 1. The molecular weight excluding hydrogens is 192 g/mol. The molecule has 1 aliphatic heterocycles. The topological polar surface area (TPSA) is 50.4 Å². The Bertz CT molecular complexity index is 189. The summed E-state index contributed by atoms with van der Waals surface area (Å²) in [5.74, 6) is 0.362. The summed E-state index contributed by atoms with van der Waals surface area (Å²) in [5.41, 5.74) is 0. The molecule has 0 radical (unpaired) electrons. The molecule has 1 aliphatic rings. The van der Waals surface area contributed by atoms with Crippen LogP contribution in [-0.2, 0) is 9.53 Å². The van der Waals surface area contributed by atoms with Gasteiger partial charge in [0.25, 0.3) is 0 Å². The third-order valence-electron chi connectivity index (χ3n) is 2.50. The van der Waals surface area contributed by atoms with Crippen LogP contribution in [0.2, 0.25) is 0 Å². The van der Waals surface area contributed by atoms with Crippen molar-refractivity contribution in [2.75, 3.05) is 26.2 Å². The van der Waals surface area contributed by atoms with Gasteiger partial charge in [-0.25, -0.2) is 0 Å². The first kappa shape index (κ1) is 12.5. The smallest absolute Gasteiger partial charge is 0.224 e. The van der Waals surface area contributed by atoms with Gasteiger partial charge in [-0.2, -0.15) is 0 Å². The van der Waals surface area contributed by atoms with Crippen molar-refractivity contribution in [3.8, 4) is 0 Å². The van der Waals surface area contributed by atoms with Crippen molar-refractivity contribution in [1.29, 1.82) is 0 Å². The molecule has 0 aromatic rings. The first-order valence-electron chi connectivity index (χ1n) is 5.80. The predicted molar refractivity (Wildman–Crippen MR) is 59.7 cm³/mol. The highest BCUT2D eigenvalue weighted by Gasteiger charge is 2.21. The molecule has 1 unspecified atom stereocenters. The fourth-order valence-electron chi connectivity index (χ4n) is 1.63. The maximum absolute atomic E-state index is 11.6. The van der Waals surface area contributed by atoms with Gasteiger partial charge in [0.2, 0.25) is 5.91 Å². The van der Waals surface area contributed by atoms with Gasteiger partial charge in [0.15, 0.2) is 0 Å². The lowest BCUT2D eigenvalue weighted by Gasteiger charge is -2.10. The highest BCUT2D eigenvalue weighted by Crippen LogP contribution is 2.06. The van der Waals surface area contributed by atoms with Crippen LogP contribution in [0, 0.1) is 5.92 Å². The van der Waals surface area contributed by atoms with E-state index in [1.165, 1.54) is 0 Å². The van der Waals surface area contributed by atoms with Gasteiger partial charge in [-0.1, -0.05) is 0 Å². The first-order valence-corrected chi connectivity index (χ1v) is 5.80. The third-order valence-corrected chi connectivity index (χ3v) is 2.50. The zero-order valence-electron chi connectivity index (χ0n) is 9.71. The number of rotatable bonds is 6. The minimum Gasteiger partial charge on any atom is -0.379 e. The van der Waals surface area contributed by atoms with Crippen LogP contribution in [0.4, 0.5) is 0 Å². The van der Waals surface area contributed by atoms with Gasteiger partial charge in [-0.15, -0.1) is 0 Å². The van der Waals surface area contributed by atoms with E-state index in [1.54, 1.807) is 0 Å². The van der Waals surface area contributed by atoms with E-state index < -0.39 is 0 Å². The van der Waals surface area contributed by atoms with E-state index in [-0.39, 0.29) is 17.9 Å². The second-order valence-electron chi connectivity index (χ2n) is 4.25. The Morgan fingerprint density at radius 3 is 3.00 bits per heavy atom. The van der Waals surface area contributed by atoms with Gasteiger partial charge in [-0.05, 0) is 33.2 Å². The molecule has 0 aliphatic carbocycles. The van der Waals surface area contributed by atoms with Crippen molar-refractivity contribution >= 4 is 5.91 Å². The number of carbonyl (C=O) groups excluding carboxylic acids is 1. The van der Waals surface area contributed by atoms with Crippen molar-refractivity contribution in [1.82, 2.24) is 10.6 Å². The normalized spacial score (nSPS) is 20.9. The summed E-state index contributed by atoms with van der Waals surface area (Å²) in [4.78, 5) is 11.6. The molecule has 15 heavy (non-hydrogen) atoms. The van der Waals surface area contributed by atoms with E-state index in [9.17, 15) is 4.79 Å². The molecular formula is C11H22N2O2. The molecule has 0 spiro atoms. The van der Waals surface area contributed by atoms with Crippen LogP contribution in [0.5, 0.6) is 0 Å². The number of amides is 1. The Morgan fingerprint density at radius 1 is 1.60 bits per heavy atom. The van der Waals surface area contributed by atoms with Crippen LogP contribution in [0.15, 0.2) is 0 Å². The Balaban J connectivity index is 1.97. The van der Waals surface area contributed by atoms with E-state index >= 15 is 0 Å². The number of nitrogens with one attached hydrogen (secondary N) is 2. The van der Waals surface area contributed by atoms with E-state index in [1.807, 2.05) is 13.8 Å². The summed E-state index contributed by atoms with van der Waals surface area (Å²) < 4.78 is 5.39. The SMILES string of the molecule is CC(C)OCCCNC(=O)C1CCNC1. The molecule has 0 aromatic heterocycles. The summed E-state index contributed by atoms with van der Waals surface area (Å²) >= 11 is 0. The maximum Gasteiger partial charge on any atom is 0.224 e. The summed E-state index contributed by atoms with van der Waals surface area (Å²) in [6.07, 6.45) is 2.14. The van der Waals surface area contributed by atoms with Gasteiger partial charge in [0.05, 0.1) is 12.0 Å². The second kappa shape index (κ2) is 6.80. The molecule has 0 aromatic carbocycles. The highest BCUT2D eigenvalue weighted by atomic mass is 16.5. The monoisotopic (exact) mass is 214 g/mol. The first-order chi connectivity index (χ1) is 7.20. The fourth-order valence-corrected chi connectivity index (χ4v) is 1.63. The Labute approximate surface area is 91.8 Å². The molecule has 0 saturated carbocycles. The molecule has 1 fully saturated rings. The van der Waals surface area contributed by atoms with Crippen molar-refractivity contribution in [3.05, 3.63) is 0 Å². The van der Waals surface area contributed by atoms with Crippen molar-refractivity contribution in [2.45, 2.75) is 32.8 Å². The van der Waals surface area contributed by atoms with Crippen molar-refractivity contribution in [2.24, 2.45) is 5.92 Å². The molecule has 1 rings (SSSR count). The summed E-state index contributed by atoms with van der Waals surface area (Å²) in [6, 6.07) is 0. The largest absolute Gasteiger partial charge is 0.379 e. The van der Waals surface area contributed by atoms with E-state index in [2.05, 4.69) is 10.6 Å². The molecule has 2 N–H and O–H groups in total. The second-order valence-corrected chi connectivity index (χ2v) is 4.25. The average molecular weight is 214 g/mol. The van der Waals surface area contributed by atoms with E-state index in [0.29, 0.717) is 0 Å². The molecule has 4 heteroatoms.